The summed E-state index contributed by atoms with van der Waals surface area (Å²) in [5, 5.41) is 8.97. The van der Waals surface area contributed by atoms with Crippen LogP contribution in [0.1, 0.15) is 31.7 Å². The second kappa shape index (κ2) is 5.30. The largest absolute Gasteiger partial charge is 0.392 e. The molecule has 3 heteroatoms. The van der Waals surface area contributed by atoms with E-state index in [4.69, 9.17) is 5.11 Å². The Morgan fingerprint density at radius 3 is 3.00 bits per heavy atom. The van der Waals surface area contributed by atoms with E-state index in [9.17, 15) is 0 Å². The molecule has 2 rings (SSSR count). The molecule has 0 bridgehead atoms. The van der Waals surface area contributed by atoms with Gasteiger partial charge in [-0.25, -0.2) is 4.98 Å². The van der Waals surface area contributed by atoms with E-state index >= 15 is 0 Å². The third-order valence-corrected chi connectivity index (χ3v) is 3.41. The highest BCUT2D eigenvalue weighted by atomic mass is 16.3. The van der Waals surface area contributed by atoms with Crippen molar-refractivity contribution in [3.05, 3.63) is 23.9 Å². The summed E-state index contributed by atoms with van der Waals surface area (Å²) in [7, 11) is 0. The molecule has 0 radical (unpaired) electrons. The highest BCUT2D eigenvalue weighted by Gasteiger charge is 2.19. The minimum absolute atomic E-state index is 0.0743. The summed E-state index contributed by atoms with van der Waals surface area (Å²) in [6.45, 7) is 4.57. The van der Waals surface area contributed by atoms with Gasteiger partial charge in [0, 0.05) is 19.3 Å². The Kier molecular flexibility index (Phi) is 3.78. The summed E-state index contributed by atoms with van der Waals surface area (Å²) in [4.78, 5) is 6.77. The molecule has 1 aromatic heterocycles. The Morgan fingerprint density at radius 2 is 2.38 bits per heavy atom. The fraction of sp³-hybridized carbons (Fsp3) is 0.615. The zero-order chi connectivity index (χ0) is 11.4. The Bertz CT molecular complexity index is 323. The fourth-order valence-corrected chi connectivity index (χ4v) is 2.30. The molecule has 0 aliphatic carbocycles. The van der Waals surface area contributed by atoms with Gasteiger partial charge >= 0.3 is 0 Å². The number of aliphatic hydroxyl groups excluding tert-OH is 1. The van der Waals surface area contributed by atoms with E-state index in [1.165, 1.54) is 19.3 Å². The van der Waals surface area contributed by atoms with E-state index < -0.39 is 0 Å². The molecular weight excluding hydrogens is 200 g/mol. The molecule has 88 valence electrons. The quantitative estimate of drug-likeness (QED) is 0.848. The smallest absolute Gasteiger partial charge is 0.128 e. The van der Waals surface area contributed by atoms with Crippen molar-refractivity contribution < 1.29 is 5.11 Å². The molecule has 0 saturated carbocycles. The lowest BCUT2D eigenvalue weighted by Gasteiger charge is -2.33. The summed E-state index contributed by atoms with van der Waals surface area (Å²) in [5.41, 5.74) is 0.882. The molecule has 1 fully saturated rings. The maximum atomic E-state index is 8.97. The molecule has 0 amide bonds. The highest BCUT2D eigenvalue weighted by molar-refractivity contribution is 5.39. The van der Waals surface area contributed by atoms with Gasteiger partial charge in [0.15, 0.2) is 0 Å². The summed E-state index contributed by atoms with van der Waals surface area (Å²) in [6.07, 6.45) is 5.64. The average Bonchev–Trinajstić information content (AvgIpc) is 2.39. The Balaban J connectivity index is 2.05. The normalized spacial score (nSPS) is 21.1. The van der Waals surface area contributed by atoms with Crippen LogP contribution in [0.5, 0.6) is 0 Å². The van der Waals surface area contributed by atoms with Crippen molar-refractivity contribution in [2.45, 2.75) is 32.8 Å². The number of rotatable bonds is 3. The van der Waals surface area contributed by atoms with E-state index in [0.29, 0.717) is 0 Å². The number of hydrogen-bond donors (Lipinski definition) is 1. The molecule has 1 saturated heterocycles. The fourth-order valence-electron chi connectivity index (χ4n) is 2.30. The molecule has 1 aliphatic rings. The van der Waals surface area contributed by atoms with Crippen LogP contribution in [0.2, 0.25) is 0 Å². The molecule has 16 heavy (non-hydrogen) atoms. The summed E-state index contributed by atoms with van der Waals surface area (Å²) < 4.78 is 0. The van der Waals surface area contributed by atoms with Crippen molar-refractivity contribution in [2.24, 2.45) is 5.92 Å². The summed E-state index contributed by atoms with van der Waals surface area (Å²) >= 11 is 0. The van der Waals surface area contributed by atoms with Gasteiger partial charge in [-0.1, -0.05) is 19.4 Å². The standard InChI is InChI=1S/C13H20N2O/c1-2-11-4-3-7-15(9-11)13-6-5-12(10-16)8-14-13/h5-6,8,11,16H,2-4,7,9-10H2,1H3. The predicted octanol–water partition coefficient (Wildman–Crippen LogP) is 2.20. The van der Waals surface area contributed by atoms with Crippen LogP contribution < -0.4 is 4.90 Å². The highest BCUT2D eigenvalue weighted by Crippen LogP contribution is 2.23. The topological polar surface area (TPSA) is 36.4 Å². The summed E-state index contributed by atoms with van der Waals surface area (Å²) in [5.74, 6) is 1.86. The molecule has 0 aromatic carbocycles. The van der Waals surface area contributed by atoms with Crippen LogP contribution in [0.15, 0.2) is 18.3 Å². The van der Waals surface area contributed by atoms with Gasteiger partial charge in [0.1, 0.15) is 5.82 Å². The SMILES string of the molecule is CCC1CCCN(c2ccc(CO)cn2)C1. The van der Waals surface area contributed by atoms with Crippen LogP contribution in [-0.4, -0.2) is 23.2 Å². The van der Waals surface area contributed by atoms with E-state index in [1.54, 1.807) is 6.20 Å². The minimum Gasteiger partial charge on any atom is -0.392 e. The first-order valence-corrected chi connectivity index (χ1v) is 6.14. The molecular formula is C13H20N2O. The van der Waals surface area contributed by atoms with Crippen LogP contribution in [0.4, 0.5) is 5.82 Å². The van der Waals surface area contributed by atoms with E-state index in [2.05, 4.69) is 16.8 Å². The first kappa shape index (κ1) is 11.4. The third-order valence-electron chi connectivity index (χ3n) is 3.41. The zero-order valence-electron chi connectivity index (χ0n) is 9.89. The number of hydrogen-bond acceptors (Lipinski definition) is 3. The van der Waals surface area contributed by atoms with Gasteiger partial charge in [-0.05, 0) is 30.4 Å². The number of aliphatic hydroxyl groups is 1. The van der Waals surface area contributed by atoms with Crippen LogP contribution in [0.25, 0.3) is 0 Å². The second-order valence-electron chi connectivity index (χ2n) is 4.55. The minimum atomic E-state index is 0.0743. The average molecular weight is 220 g/mol. The van der Waals surface area contributed by atoms with Crippen molar-refractivity contribution in [3.63, 3.8) is 0 Å². The maximum absolute atomic E-state index is 8.97. The van der Waals surface area contributed by atoms with Gasteiger partial charge in [-0.15, -0.1) is 0 Å². The molecule has 1 N–H and O–H groups in total. The van der Waals surface area contributed by atoms with Gasteiger partial charge in [0.05, 0.1) is 6.61 Å². The molecule has 0 spiro atoms. The molecule has 2 heterocycles. The molecule has 1 unspecified atom stereocenters. The van der Waals surface area contributed by atoms with Gasteiger partial charge in [-0.3, -0.25) is 0 Å². The van der Waals surface area contributed by atoms with Crippen LogP contribution in [0.3, 0.4) is 0 Å². The van der Waals surface area contributed by atoms with Gasteiger partial charge < -0.3 is 10.0 Å². The maximum Gasteiger partial charge on any atom is 0.128 e. The third kappa shape index (κ3) is 2.53. The Hall–Kier alpha value is -1.09. The predicted molar refractivity (Wildman–Crippen MR) is 65.4 cm³/mol. The molecule has 3 nitrogen and oxygen atoms in total. The van der Waals surface area contributed by atoms with Crippen molar-refractivity contribution >= 4 is 5.82 Å². The van der Waals surface area contributed by atoms with Crippen LogP contribution in [-0.2, 0) is 6.61 Å². The second-order valence-corrected chi connectivity index (χ2v) is 4.55. The van der Waals surface area contributed by atoms with E-state index in [1.807, 2.05) is 12.1 Å². The first-order valence-electron chi connectivity index (χ1n) is 6.14. The van der Waals surface area contributed by atoms with Crippen molar-refractivity contribution in [1.82, 2.24) is 4.98 Å². The molecule has 1 atom stereocenters. The first-order chi connectivity index (χ1) is 7.83. The van der Waals surface area contributed by atoms with E-state index in [0.717, 1.165) is 30.4 Å². The van der Waals surface area contributed by atoms with Gasteiger partial charge in [0.25, 0.3) is 0 Å². The van der Waals surface area contributed by atoms with Crippen molar-refractivity contribution in [2.75, 3.05) is 18.0 Å². The number of nitrogens with zero attached hydrogens (tertiary/aromatic N) is 2. The molecule has 1 aliphatic heterocycles. The molecule has 1 aromatic rings. The Morgan fingerprint density at radius 1 is 1.50 bits per heavy atom. The number of anilines is 1. The number of aromatic nitrogens is 1. The number of piperidine rings is 1. The summed E-state index contributed by atoms with van der Waals surface area (Å²) in [6, 6.07) is 3.97. The van der Waals surface area contributed by atoms with Gasteiger partial charge in [-0.2, -0.15) is 0 Å². The van der Waals surface area contributed by atoms with E-state index in [-0.39, 0.29) is 6.61 Å². The van der Waals surface area contributed by atoms with Crippen molar-refractivity contribution in [1.29, 1.82) is 0 Å². The monoisotopic (exact) mass is 220 g/mol. The van der Waals surface area contributed by atoms with Gasteiger partial charge in [0.2, 0.25) is 0 Å². The lowest BCUT2D eigenvalue weighted by molar-refractivity contribution is 0.281. The number of pyridine rings is 1. The lowest BCUT2D eigenvalue weighted by Crippen LogP contribution is -2.35. The van der Waals surface area contributed by atoms with Crippen LogP contribution >= 0.6 is 0 Å². The zero-order valence-corrected chi connectivity index (χ0v) is 9.89. The van der Waals surface area contributed by atoms with Crippen LogP contribution in [0, 0.1) is 5.92 Å². The lowest BCUT2D eigenvalue weighted by atomic mass is 9.96. The van der Waals surface area contributed by atoms with Crippen molar-refractivity contribution in [3.8, 4) is 0 Å². The Labute approximate surface area is 97.1 Å².